The van der Waals surface area contributed by atoms with E-state index in [1.807, 2.05) is 19.2 Å². The van der Waals surface area contributed by atoms with E-state index in [-0.39, 0.29) is 24.1 Å². The molecule has 0 radical (unpaired) electrons. The first-order chi connectivity index (χ1) is 16.2. The maximum atomic E-state index is 14.3. The van der Waals surface area contributed by atoms with Gasteiger partial charge in [-0.05, 0) is 43.5 Å². The number of piperidine rings is 1. The van der Waals surface area contributed by atoms with Gasteiger partial charge < -0.3 is 15.5 Å². The second kappa shape index (κ2) is 10.0. The van der Waals surface area contributed by atoms with Gasteiger partial charge >= 0.3 is 6.18 Å². The first-order valence-electron chi connectivity index (χ1n) is 11.2. The third-order valence-corrected chi connectivity index (χ3v) is 6.10. The van der Waals surface area contributed by atoms with Crippen molar-refractivity contribution in [2.45, 2.75) is 45.1 Å². The fourth-order valence-corrected chi connectivity index (χ4v) is 4.41. The van der Waals surface area contributed by atoms with E-state index in [1.54, 1.807) is 17.8 Å². The minimum absolute atomic E-state index is 0.0737. The normalized spacial score (nSPS) is 15.1. The molecule has 2 aromatic heterocycles. The molecule has 1 aliphatic rings. The lowest BCUT2D eigenvalue weighted by Gasteiger charge is -2.35. The molecule has 182 valence electrons. The van der Waals surface area contributed by atoms with Crippen LogP contribution in [0.4, 0.5) is 29.1 Å². The van der Waals surface area contributed by atoms with E-state index in [0.717, 1.165) is 43.1 Å². The van der Waals surface area contributed by atoms with Crippen LogP contribution in [-0.2, 0) is 26.3 Å². The Kier molecular flexibility index (Phi) is 7.06. The van der Waals surface area contributed by atoms with Crippen LogP contribution in [-0.4, -0.2) is 33.9 Å². The number of rotatable bonds is 7. The number of benzene rings is 1. The lowest BCUT2D eigenvalue weighted by molar-refractivity contribution is -0.138. The number of halogens is 4. The van der Waals surface area contributed by atoms with Crippen molar-refractivity contribution < 1.29 is 17.6 Å². The predicted molar refractivity (Wildman–Crippen MR) is 123 cm³/mol. The number of para-hydroxylation sites is 1. The summed E-state index contributed by atoms with van der Waals surface area (Å²) in [6.07, 6.45) is 0.452. The molecule has 2 N–H and O–H groups in total. The highest BCUT2D eigenvalue weighted by atomic mass is 19.4. The maximum absolute atomic E-state index is 14.3. The Labute approximate surface area is 196 Å². The number of pyridine rings is 1. The van der Waals surface area contributed by atoms with Crippen LogP contribution < -0.4 is 15.5 Å². The minimum Gasteiger partial charge on any atom is -0.369 e. The third kappa shape index (κ3) is 5.49. The second-order valence-electron chi connectivity index (χ2n) is 8.57. The molecule has 1 saturated heterocycles. The van der Waals surface area contributed by atoms with Gasteiger partial charge in [-0.1, -0.05) is 12.1 Å². The monoisotopic (exact) mass is 476 g/mol. The molecule has 0 aliphatic carbocycles. The molecule has 3 aromatic rings. The molecule has 3 heterocycles. The van der Waals surface area contributed by atoms with E-state index in [0.29, 0.717) is 18.1 Å². The number of hydrogen-bond donors (Lipinski definition) is 2. The molecule has 6 nitrogen and oxygen atoms in total. The van der Waals surface area contributed by atoms with Gasteiger partial charge in [0.15, 0.2) is 5.82 Å². The lowest BCUT2D eigenvalue weighted by Crippen LogP contribution is -2.42. The first-order valence-corrected chi connectivity index (χ1v) is 11.2. The Balaban J connectivity index is 1.34. The summed E-state index contributed by atoms with van der Waals surface area (Å²) in [5, 5.41) is 10.9. The average Bonchev–Trinajstić information content (AvgIpc) is 3.16. The van der Waals surface area contributed by atoms with Gasteiger partial charge in [0.1, 0.15) is 5.82 Å². The smallest absolute Gasteiger partial charge is 0.369 e. The van der Waals surface area contributed by atoms with Crippen molar-refractivity contribution in [1.82, 2.24) is 20.1 Å². The zero-order valence-corrected chi connectivity index (χ0v) is 19.2. The molecule has 4 rings (SSSR count). The summed E-state index contributed by atoms with van der Waals surface area (Å²) >= 11 is 0. The number of anilines is 2. The molecule has 1 aliphatic heterocycles. The van der Waals surface area contributed by atoms with Crippen LogP contribution in [0, 0.1) is 12.7 Å². The summed E-state index contributed by atoms with van der Waals surface area (Å²) in [5.41, 5.74) is 1.64. The van der Waals surface area contributed by atoms with E-state index < -0.39 is 11.7 Å². The van der Waals surface area contributed by atoms with E-state index in [1.165, 1.54) is 18.3 Å². The Morgan fingerprint density at radius 1 is 1.09 bits per heavy atom. The summed E-state index contributed by atoms with van der Waals surface area (Å²) in [5.74, 6) is 0.326. The van der Waals surface area contributed by atoms with Crippen LogP contribution in [0.3, 0.4) is 0 Å². The van der Waals surface area contributed by atoms with E-state index in [2.05, 4.69) is 25.6 Å². The predicted octanol–water partition coefficient (Wildman–Crippen LogP) is 4.65. The first kappa shape index (κ1) is 24.0. The third-order valence-electron chi connectivity index (χ3n) is 6.10. The number of alkyl halides is 3. The highest BCUT2D eigenvalue weighted by molar-refractivity contribution is 5.54. The van der Waals surface area contributed by atoms with Crippen LogP contribution in [0.5, 0.6) is 0 Å². The molecule has 1 fully saturated rings. The van der Waals surface area contributed by atoms with Crippen molar-refractivity contribution in [3.8, 4) is 0 Å². The highest BCUT2D eigenvalue weighted by Crippen LogP contribution is 2.31. The van der Waals surface area contributed by atoms with Crippen molar-refractivity contribution in [3.63, 3.8) is 0 Å². The van der Waals surface area contributed by atoms with Gasteiger partial charge in [0.05, 0.1) is 23.5 Å². The Morgan fingerprint density at radius 3 is 2.56 bits per heavy atom. The Morgan fingerprint density at radius 2 is 1.85 bits per heavy atom. The largest absolute Gasteiger partial charge is 0.418 e. The topological polar surface area (TPSA) is 58.0 Å². The minimum atomic E-state index is -4.46. The summed E-state index contributed by atoms with van der Waals surface area (Å²) < 4.78 is 55.7. The van der Waals surface area contributed by atoms with E-state index in [4.69, 9.17) is 0 Å². The molecule has 1 aromatic carbocycles. The molecule has 34 heavy (non-hydrogen) atoms. The molecule has 0 unspecified atom stereocenters. The van der Waals surface area contributed by atoms with Crippen molar-refractivity contribution >= 4 is 11.5 Å². The van der Waals surface area contributed by atoms with Crippen molar-refractivity contribution in [3.05, 3.63) is 70.9 Å². The fourth-order valence-electron chi connectivity index (χ4n) is 4.41. The molecule has 0 amide bonds. The standard InChI is InChI=1S/C24H28F4N6/c1-16-5-3-7-20(25)22(16)34-11-8-18(9-12-34)30-13-17-15-33(2)32-23(17)31-14-21-19(24(26,27)28)6-4-10-29-21/h3-7,10,15,18,30H,8-9,11-14H2,1-2H3,(H,31,32). The lowest BCUT2D eigenvalue weighted by atomic mass is 10.0. The number of nitrogens with one attached hydrogen (secondary N) is 2. The fraction of sp³-hybridized carbons (Fsp3) is 0.417. The zero-order valence-electron chi connectivity index (χ0n) is 19.2. The van der Waals surface area contributed by atoms with Gasteiger partial charge in [0.25, 0.3) is 0 Å². The summed E-state index contributed by atoms with van der Waals surface area (Å²) in [6, 6.07) is 7.69. The SMILES string of the molecule is Cc1cccc(F)c1N1CCC(NCc2cn(C)nc2NCc2ncccc2C(F)(F)F)CC1. The zero-order chi connectivity index (χ0) is 24.3. The molecule has 0 saturated carbocycles. The molecular formula is C24H28F4N6. The second-order valence-corrected chi connectivity index (χ2v) is 8.57. The number of hydrogen-bond acceptors (Lipinski definition) is 5. The molecule has 0 spiro atoms. The van der Waals surface area contributed by atoms with Crippen LogP contribution in [0.25, 0.3) is 0 Å². The van der Waals surface area contributed by atoms with Gasteiger partial charge in [-0.25, -0.2) is 4.39 Å². The van der Waals surface area contributed by atoms with Gasteiger partial charge in [-0.3, -0.25) is 9.67 Å². The van der Waals surface area contributed by atoms with Crippen LogP contribution in [0.1, 0.15) is 35.2 Å². The Hall–Kier alpha value is -3.14. The summed E-state index contributed by atoms with van der Waals surface area (Å²) in [4.78, 5) is 5.98. The molecule has 10 heteroatoms. The van der Waals surface area contributed by atoms with Crippen molar-refractivity contribution in [2.75, 3.05) is 23.3 Å². The summed E-state index contributed by atoms with van der Waals surface area (Å²) in [7, 11) is 1.77. The number of nitrogens with zero attached hydrogens (tertiary/aromatic N) is 4. The quantitative estimate of drug-likeness (QED) is 0.486. The average molecular weight is 477 g/mol. The van der Waals surface area contributed by atoms with E-state index >= 15 is 0 Å². The van der Waals surface area contributed by atoms with E-state index in [9.17, 15) is 17.6 Å². The van der Waals surface area contributed by atoms with Gasteiger partial charge in [-0.15, -0.1) is 0 Å². The van der Waals surface area contributed by atoms with Crippen LogP contribution in [0.2, 0.25) is 0 Å². The summed E-state index contributed by atoms with van der Waals surface area (Å²) in [6.45, 7) is 3.85. The van der Waals surface area contributed by atoms with Crippen LogP contribution >= 0.6 is 0 Å². The maximum Gasteiger partial charge on any atom is 0.418 e. The van der Waals surface area contributed by atoms with Gasteiger partial charge in [0.2, 0.25) is 0 Å². The highest BCUT2D eigenvalue weighted by Gasteiger charge is 2.33. The number of aryl methyl sites for hydroxylation is 2. The number of aromatic nitrogens is 3. The Bertz CT molecular complexity index is 1100. The molecular weight excluding hydrogens is 448 g/mol. The molecule has 0 atom stereocenters. The molecule has 0 bridgehead atoms. The van der Waals surface area contributed by atoms with Gasteiger partial charge in [0, 0.05) is 50.7 Å². The van der Waals surface area contributed by atoms with Crippen molar-refractivity contribution in [1.29, 1.82) is 0 Å². The van der Waals surface area contributed by atoms with Crippen LogP contribution in [0.15, 0.2) is 42.7 Å². The van der Waals surface area contributed by atoms with Gasteiger partial charge in [-0.2, -0.15) is 18.3 Å². The van der Waals surface area contributed by atoms with Crippen molar-refractivity contribution in [2.24, 2.45) is 7.05 Å².